The van der Waals surface area contributed by atoms with Crippen LogP contribution in [0.5, 0.6) is 0 Å². The molecule has 0 saturated heterocycles. The number of para-hydroxylation sites is 1. The van der Waals surface area contributed by atoms with E-state index in [2.05, 4.69) is 15.5 Å². The summed E-state index contributed by atoms with van der Waals surface area (Å²) in [6.07, 6.45) is 3.46. The van der Waals surface area contributed by atoms with Crippen molar-refractivity contribution in [1.29, 1.82) is 0 Å². The van der Waals surface area contributed by atoms with Crippen molar-refractivity contribution in [3.8, 4) is 0 Å². The summed E-state index contributed by atoms with van der Waals surface area (Å²) in [5.41, 5.74) is 2.44. The molecule has 1 N–H and O–H groups in total. The van der Waals surface area contributed by atoms with E-state index in [-0.39, 0.29) is 5.91 Å². The quantitative estimate of drug-likeness (QED) is 0.569. The molecule has 0 aliphatic carbocycles. The lowest BCUT2D eigenvalue weighted by atomic mass is 10.1. The molecule has 4 aromatic rings. The Kier molecular flexibility index (Phi) is 3.93. The number of nitrogens with one attached hydrogen (secondary N) is 1. The van der Waals surface area contributed by atoms with Crippen LogP contribution in [0.25, 0.3) is 16.6 Å². The number of carbonyl (C=O) groups excluding carboxylic acids is 1. The van der Waals surface area contributed by atoms with E-state index in [4.69, 9.17) is 4.42 Å². The first-order valence-corrected chi connectivity index (χ1v) is 8.29. The van der Waals surface area contributed by atoms with Gasteiger partial charge in [-0.3, -0.25) is 9.20 Å². The van der Waals surface area contributed by atoms with Crippen molar-refractivity contribution in [2.45, 2.75) is 19.8 Å². The largest absolute Gasteiger partial charge is 0.451 e. The number of nitrogens with zero attached hydrogens (tertiary/aromatic N) is 3. The third kappa shape index (κ3) is 2.87. The van der Waals surface area contributed by atoms with Gasteiger partial charge in [0.15, 0.2) is 11.4 Å². The first-order chi connectivity index (χ1) is 12.2. The number of fused-ring (bicyclic) bond motifs is 2. The van der Waals surface area contributed by atoms with Gasteiger partial charge >= 0.3 is 0 Å². The van der Waals surface area contributed by atoms with Gasteiger partial charge in [-0.15, -0.1) is 10.2 Å². The van der Waals surface area contributed by atoms with Crippen LogP contribution in [-0.4, -0.2) is 27.0 Å². The Hall–Kier alpha value is -3.15. The number of hydrogen-bond acceptors (Lipinski definition) is 4. The van der Waals surface area contributed by atoms with Crippen molar-refractivity contribution in [2.24, 2.45) is 0 Å². The van der Waals surface area contributed by atoms with Crippen molar-refractivity contribution >= 4 is 22.5 Å². The fourth-order valence-corrected chi connectivity index (χ4v) is 2.98. The molecule has 0 radical (unpaired) electrons. The summed E-state index contributed by atoms with van der Waals surface area (Å²) < 4.78 is 7.65. The molecule has 0 atom stereocenters. The summed E-state index contributed by atoms with van der Waals surface area (Å²) in [5, 5.41) is 12.2. The van der Waals surface area contributed by atoms with E-state index in [1.807, 2.05) is 60.0 Å². The number of carbonyl (C=O) groups is 1. The van der Waals surface area contributed by atoms with Crippen LogP contribution >= 0.6 is 0 Å². The molecular weight excluding hydrogens is 316 g/mol. The van der Waals surface area contributed by atoms with Gasteiger partial charge in [0.05, 0.1) is 0 Å². The van der Waals surface area contributed by atoms with Crippen molar-refractivity contribution in [3.05, 3.63) is 65.8 Å². The van der Waals surface area contributed by atoms with Gasteiger partial charge in [-0.25, -0.2) is 0 Å². The van der Waals surface area contributed by atoms with Crippen molar-refractivity contribution in [1.82, 2.24) is 19.9 Å². The Bertz CT molecular complexity index is 1050. The second kappa shape index (κ2) is 6.39. The van der Waals surface area contributed by atoms with Gasteiger partial charge in [0, 0.05) is 30.1 Å². The molecule has 0 spiro atoms. The number of furan rings is 1. The summed E-state index contributed by atoms with van der Waals surface area (Å²) in [4.78, 5) is 12.4. The van der Waals surface area contributed by atoms with Crippen molar-refractivity contribution in [3.63, 3.8) is 0 Å². The Morgan fingerprint density at radius 1 is 1.16 bits per heavy atom. The molecule has 25 heavy (non-hydrogen) atoms. The third-order valence-corrected chi connectivity index (χ3v) is 4.30. The summed E-state index contributed by atoms with van der Waals surface area (Å²) in [7, 11) is 0. The van der Waals surface area contributed by atoms with Crippen LogP contribution in [0.3, 0.4) is 0 Å². The van der Waals surface area contributed by atoms with Crippen LogP contribution in [0, 0.1) is 6.92 Å². The van der Waals surface area contributed by atoms with Gasteiger partial charge in [-0.1, -0.05) is 24.3 Å². The lowest BCUT2D eigenvalue weighted by Gasteiger charge is -2.03. The maximum absolute atomic E-state index is 12.4. The van der Waals surface area contributed by atoms with Gasteiger partial charge in [0.25, 0.3) is 5.91 Å². The molecule has 4 rings (SSSR count). The number of rotatable bonds is 5. The number of aromatic nitrogens is 3. The Labute approximate surface area is 144 Å². The van der Waals surface area contributed by atoms with Crippen LogP contribution in [0.15, 0.2) is 53.1 Å². The van der Waals surface area contributed by atoms with Gasteiger partial charge in [0.1, 0.15) is 11.4 Å². The highest BCUT2D eigenvalue weighted by molar-refractivity contribution is 5.98. The average Bonchev–Trinajstić information content (AvgIpc) is 3.20. The Balaban J connectivity index is 1.38. The molecule has 3 aromatic heterocycles. The predicted molar refractivity (Wildman–Crippen MR) is 94.6 cm³/mol. The maximum Gasteiger partial charge on any atom is 0.287 e. The van der Waals surface area contributed by atoms with E-state index in [0.717, 1.165) is 40.8 Å². The minimum atomic E-state index is -0.181. The monoisotopic (exact) mass is 334 g/mol. The van der Waals surface area contributed by atoms with E-state index < -0.39 is 0 Å². The highest BCUT2D eigenvalue weighted by Crippen LogP contribution is 2.24. The second-order valence-corrected chi connectivity index (χ2v) is 5.96. The van der Waals surface area contributed by atoms with E-state index in [0.29, 0.717) is 12.3 Å². The van der Waals surface area contributed by atoms with Gasteiger partial charge < -0.3 is 9.73 Å². The Morgan fingerprint density at radius 3 is 2.88 bits per heavy atom. The lowest BCUT2D eigenvalue weighted by molar-refractivity contribution is 0.0927. The van der Waals surface area contributed by atoms with Crippen LogP contribution in [0.2, 0.25) is 0 Å². The molecule has 6 nitrogen and oxygen atoms in total. The molecule has 0 saturated carbocycles. The zero-order chi connectivity index (χ0) is 17.2. The normalized spacial score (nSPS) is 11.2. The van der Waals surface area contributed by atoms with Crippen LogP contribution in [0.4, 0.5) is 0 Å². The zero-order valence-electron chi connectivity index (χ0n) is 13.9. The number of aryl methyl sites for hydroxylation is 2. The SMILES string of the molecule is Cc1c(C(=O)NCCCc2nnc3ccccn23)oc2ccccc12. The maximum atomic E-state index is 12.4. The summed E-state index contributed by atoms with van der Waals surface area (Å²) >= 11 is 0. The molecule has 0 aliphatic heterocycles. The van der Waals surface area contributed by atoms with Gasteiger partial charge in [-0.05, 0) is 31.5 Å². The van der Waals surface area contributed by atoms with Crippen LogP contribution in [0.1, 0.15) is 28.4 Å². The first-order valence-electron chi connectivity index (χ1n) is 8.29. The van der Waals surface area contributed by atoms with Crippen molar-refractivity contribution in [2.75, 3.05) is 6.54 Å². The predicted octanol–water partition coefficient (Wildman–Crippen LogP) is 3.15. The summed E-state index contributed by atoms with van der Waals surface area (Å²) in [5.74, 6) is 1.10. The Morgan fingerprint density at radius 2 is 2.00 bits per heavy atom. The molecule has 0 bridgehead atoms. The molecule has 6 heteroatoms. The molecule has 0 fully saturated rings. The van der Waals surface area contributed by atoms with Crippen molar-refractivity contribution < 1.29 is 9.21 Å². The van der Waals surface area contributed by atoms with E-state index >= 15 is 0 Å². The second-order valence-electron chi connectivity index (χ2n) is 5.96. The smallest absolute Gasteiger partial charge is 0.287 e. The van der Waals surface area contributed by atoms with Crippen LogP contribution < -0.4 is 5.32 Å². The lowest BCUT2D eigenvalue weighted by Crippen LogP contribution is -2.25. The molecule has 126 valence electrons. The summed E-state index contributed by atoms with van der Waals surface area (Å²) in [6.45, 7) is 2.46. The van der Waals surface area contributed by atoms with E-state index in [1.54, 1.807) is 0 Å². The van der Waals surface area contributed by atoms with Crippen LogP contribution in [-0.2, 0) is 6.42 Å². The fourth-order valence-electron chi connectivity index (χ4n) is 2.98. The highest BCUT2D eigenvalue weighted by Gasteiger charge is 2.16. The topological polar surface area (TPSA) is 72.4 Å². The molecular formula is C19H18N4O2. The number of hydrogen-bond donors (Lipinski definition) is 1. The van der Waals surface area contributed by atoms with Gasteiger partial charge in [-0.2, -0.15) is 0 Å². The molecule has 0 unspecified atom stereocenters. The molecule has 1 aromatic carbocycles. The molecule has 0 aliphatic rings. The standard InChI is InChI=1S/C19H18N4O2/c1-13-14-7-2-3-8-15(14)25-18(13)19(24)20-11-6-10-17-22-21-16-9-4-5-12-23(16)17/h2-5,7-9,12H,6,10-11H2,1H3,(H,20,24). The average molecular weight is 334 g/mol. The molecule has 3 heterocycles. The fraction of sp³-hybridized carbons (Fsp3) is 0.211. The van der Waals surface area contributed by atoms with Gasteiger partial charge in [0.2, 0.25) is 0 Å². The highest BCUT2D eigenvalue weighted by atomic mass is 16.3. The summed E-state index contributed by atoms with van der Waals surface area (Å²) in [6, 6.07) is 13.5. The number of pyridine rings is 1. The zero-order valence-corrected chi connectivity index (χ0v) is 13.9. The number of amides is 1. The molecule has 1 amide bonds. The van der Waals surface area contributed by atoms with E-state index in [9.17, 15) is 4.79 Å². The number of benzene rings is 1. The minimum Gasteiger partial charge on any atom is -0.451 e. The third-order valence-electron chi connectivity index (χ3n) is 4.30. The van der Waals surface area contributed by atoms with E-state index in [1.165, 1.54) is 0 Å². The minimum absolute atomic E-state index is 0.181. The first kappa shape index (κ1) is 15.4.